The maximum absolute atomic E-state index is 8.78. The van der Waals surface area contributed by atoms with Gasteiger partial charge in [-0.1, -0.05) is 6.58 Å². The van der Waals surface area contributed by atoms with Gasteiger partial charge in [0.25, 0.3) is 0 Å². The first-order valence-electron chi connectivity index (χ1n) is 4.92. The third-order valence-corrected chi connectivity index (χ3v) is 3.32. The van der Waals surface area contributed by atoms with Crippen LogP contribution in [0.15, 0.2) is 30.5 Å². The highest BCUT2D eigenvalue weighted by atomic mass is 32.1. The molecule has 0 radical (unpaired) electrons. The van der Waals surface area contributed by atoms with E-state index in [2.05, 4.69) is 17.6 Å². The molecule has 0 saturated heterocycles. The molecule has 4 heteroatoms. The molecule has 2 N–H and O–H groups in total. The Hall–Kier alpha value is -1.86. The number of hydrogen-bond donors (Lipinski definition) is 1. The van der Waals surface area contributed by atoms with Crippen LogP contribution in [0.1, 0.15) is 17.0 Å². The molecule has 0 amide bonds. The fraction of sp³-hybridized carbons (Fsp3) is 0.167. The number of rotatable bonds is 3. The Morgan fingerprint density at radius 1 is 1.56 bits per heavy atom. The minimum absolute atomic E-state index is 0.646. The fourth-order valence-electron chi connectivity index (χ4n) is 1.42. The van der Waals surface area contributed by atoms with Gasteiger partial charge in [-0.25, -0.2) is 4.98 Å². The number of nitrogens with two attached hydrogens (primary N) is 1. The molecule has 80 valence electrons. The molecule has 0 spiro atoms. The zero-order chi connectivity index (χ0) is 11.5. The molecular formula is C12H11N3S. The van der Waals surface area contributed by atoms with E-state index in [1.807, 2.05) is 18.2 Å². The Balaban J connectivity index is 2.30. The summed E-state index contributed by atoms with van der Waals surface area (Å²) in [5.74, 6) is 0. The van der Waals surface area contributed by atoms with E-state index in [1.165, 1.54) is 0 Å². The number of nitriles is 1. The quantitative estimate of drug-likeness (QED) is 0.879. The molecule has 3 nitrogen and oxygen atoms in total. The average molecular weight is 229 g/mol. The molecule has 2 aromatic rings. The number of allylic oxidation sites excluding steroid dienone is 1. The maximum atomic E-state index is 8.78. The van der Waals surface area contributed by atoms with Crippen LogP contribution in [0.4, 0.5) is 0 Å². The van der Waals surface area contributed by atoms with E-state index in [9.17, 15) is 0 Å². The van der Waals surface area contributed by atoms with Crippen LogP contribution in [0.3, 0.4) is 0 Å². The lowest BCUT2D eigenvalue weighted by Gasteiger charge is -1.94. The normalized spacial score (nSPS) is 10.2. The lowest BCUT2D eigenvalue weighted by Crippen LogP contribution is -1.96. The fourth-order valence-corrected chi connectivity index (χ4v) is 2.37. The Labute approximate surface area is 97.8 Å². The Morgan fingerprint density at radius 3 is 3.06 bits per heavy atom. The molecule has 0 atom stereocenters. The first kappa shape index (κ1) is 10.7. The van der Waals surface area contributed by atoms with E-state index >= 15 is 0 Å². The van der Waals surface area contributed by atoms with E-state index in [1.54, 1.807) is 11.3 Å². The molecule has 1 aromatic carbocycles. The van der Waals surface area contributed by atoms with Crippen molar-refractivity contribution in [2.75, 3.05) is 0 Å². The van der Waals surface area contributed by atoms with Gasteiger partial charge in [-0.15, -0.1) is 11.3 Å². The minimum atomic E-state index is 0.646. The van der Waals surface area contributed by atoms with Crippen molar-refractivity contribution >= 4 is 21.6 Å². The zero-order valence-electron chi connectivity index (χ0n) is 8.73. The van der Waals surface area contributed by atoms with Crippen molar-refractivity contribution in [1.82, 2.24) is 4.98 Å². The Kier molecular flexibility index (Phi) is 2.88. The predicted molar refractivity (Wildman–Crippen MR) is 66.0 cm³/mol. The zero-order valence-corrected chi connectivity index (χ0v) is 9.55. The molecular weight excluding hydrogens is 218 g/mol. The van der Waals surface area contributed by atoms with Crippen LogP contribution in [0.25, 0.3) is 10.2 Å². The highest BCUT2D eigenvalue weighted by Crippen LogP contribution is 2.24. The van der Waals surface area contributed by atoms with Crippen LogP contribution in [0.2, 0.25) is 0 Å². The summed E-state index contributed by atoms with van der Waals surface area (Å²) in [6.45, 7) is 3.66. The lowest BCUT2D eigenvalue weighted by molar-refractivity contribution is 0.922. The number of aryl methyl sites for hydroxylation is 1. The summed E-state index contributed by atoms with van der Waals surface area (Å²) in [5, 5.41) is 9.82. The summed E-state index contributed by atoms with van der Waals surface area (Å²) in [6, 6.07) is 7.67. The standard InChI is InChI=1S/C12H11N3S/c1-8(14)2-5-12-15-10-6-9(7-13)3-4-11(10)16-12/h3-4,6H,1-2,5,14H2. The number of benzene rings is 1. The first-order chi connectivity index (χ1) is 7.69. The van der Waals surface area contributed by atoms with Gasteiger partial charge in [0.05, 0.1) is 26.9 Å². The predicted octanol–water partition coefficient (Wildman–Crippen LogP) is 2.57. The van der Waals surface area contributed by atoms with Gasteiger partial charge in [-0.3, -0.25) is 0 Å². The Morgan fingerprint density at radius 2 is 2.38 bits per heavy atom. The van der Waals surface area contributed by atoms with Gasteiger partial charge in [-0.05, 0) is 24.6 Å². The Bertz CT molecular complexity index is 577. The summed E-state index contributed by atoms with van der Waals surface area (Å²) < 4.78 is 1.11. The topological polar surface area (TPSA) is 62.7 Å². The second kappa shape index (κ2) is 4.33. The second-order valence-electron chi connectivity index (χ2n) is 3.56. The molecule has 0 aliphatic heterocycles. The summed E-state index contributed by atoms with van der Waals surface area (Å²) in [7, 11) is 0. The van der Waals surface area contributed by atoms with Gasteiger partial charge < -0.3 is 5.73 Å². The van der Waals surface area contributed by atoms with Crippen molar-refractivity contribution in [2.45, 2.75) is 12.8 Å². The van der Waals surface area contributed by atoms with Gasteiger partial charge in [0, 0.05) is 12.1 Å². The molecule has 0 fully saturated rings. The van der Waals surface area contributed by atoms with E-state index in [-0.39, 0.29) is 0 Å². The van der Waals surface area contributed by atoms with E-state index in [0.717, 1.165) is 28.1 Å². The molecule has 0 aliphatic rings. The van der Waals surface area contributed by atoms with Crippen molar-refractivity contribution in [2.24, 2.45) is 5.73 Å². The summed E-state index contributed by atoms with van der Waals surface area (Å²) in [4.78, 5) is 4.46. The van der Waals surface area contributed by atoms with Crippen LogP contribution in [0, 0.1) is 11.3 Å². The van der Waals surface area contributed by atoms with E-state index in [4.69, 9.17) is 11.0 Å². The van der Waals surface area contributed by atoms with Gasteiger partial charge in [-0.2, -0.15) is 5.26 Å². The van der Waals surface area contributed by atoms with Crippen molar-refractivity contribution in [3.63, 3.8) is 0 Å². The monoisotopic (exact) mass is 229 g/mol. The largest absolute Gasteiger partial charge is 0.403 e. The molecule has 1 heterocycles. The average Bonchev–Trinajstić information content (AvgIpc) is 2.67. The second-order valence-corrected chi connectivity index (χ2v) is 4.68. The SMILES string of the molecule is C=C(N)CCc1nc2cc(C#N)ccc2s1. The number of thiazole rings is 1. The molecule has 2 rings (SSSR count). The van der Waals surface area contributed by atoms with Crippen LogP contribution < -0.4 is 5.73 Å². The highest BCUT2D eigenvalue weighted by molar-refractivity contribution is 7.18. The van der Waals surface area contributed by atoms with Crippen LogP contribution in [0.5, 0.6) is 0 Å². The van der Waals surface area contributed by atoms with Gasteiger partial charge in [0.2, 0.25) is 0 Å². The third-order valence-electron chi connectivity index (χ3n) is 2.22. The highest BCUT2D eigenvalue weighted by Gasteiger charge is 2.04. The van der Waals surface area contributed by atoms with Crippen LogP contribution in [-0.4, -0.2) is 4.98 Å². The molecule has 0 bridgehead atoms. The molecule has 16 heavy (non-hydrogen) atoms. The van der Waals surface area contributed by atoms with Crippen molar-refractivity contribution < 1.29 is 0 Å². The number of nitrogens with zero attached hydrogens (tertiary/aromatic N) is 2. The van der Waals surface area contributed by atoms with Crippen LogP contribution >= 0.6 is 11.3 Å². The van der Waals surface area contributed by atoms with Crippen molar-refractivity contribution in [3.8, 4) is 6.07 Å². The minimum Gasteiger partial charge on any atom is -0.403 e. The lowest BCUT2D eigenvalue weighted by atomic mass is 10.2. The van der Waals surface area contributed by atoms with E-state index < -0.39 is 0 Å². The molecule has 1 aromatic heterocycles. The molecule has 0 saturated carbocycles. The summed E-state index contributed by atoms with van der Waals surface area (Å²) in [5.41, 5.74) is 7.73. The third kappa shape index (κ3) is 2.20. The van der Waals surface area contributed by atoms with Crippen molar-refractivity contribution in [3.05, 3.63) is 41.0 Å². The van der Waals surface area contributed by atoms with Crippen molar-refractivity contribution in [1.29, 1.82) is 5.26 Å². The van der Waals surface area contributed by atoms with Gasteiger partial charge in [0.1, 0.15) is 0 Å². The van der Waals surface area contributed by atoms with Crippen LogP contribution in [-0.2, 0) is 6.42 Å². The van der Waals surface area contributed by atoms with Gasteiger partial charge in [0.15, 0.2) is 0 Å². The smallest absolute Gasteiger partial charge is 0.0992 e. The maximum Gasteiger partial charge on any atom is 0.0992 e. The number of hydrogen-bond acceptors (Lipinski definition) is 4. The molecule has 0 aliphatic carbocycles. The number of aromatic nitrogens is 1. The summed E-state index contributed by atoms with van der Waals surface area (Å²) in [6.07, 6.45) is 1.57. The van der Waals surface area contributed by atoms with E-state index in [0.29, 0.717) is 11.3 Å². The molecule has 0 unspecified atom stereocenters. The van der Waals surface area contributed by atoms with Gasteiger partial charge >= 0.3 is 0 Å². The first-order valence-corrected chi connectivity index (χ1v) is 5.73. The summed E-state index contributed by atoms with van der Waals surface area (Å²) >= 11 is 1.64. The number of fused-ring (bicyclic) bond motifs is 1.